The fraction of sp³-hybridized carbons (Fsp3) is 0.914. The van der Waals surface area contributed by atoms with Crippen LogP contribution in [0.15, 0.2) is 24.3 Å². The van der Waals surface area contributed by atoms with Gasteiger partial charge in [0.2, 0.25) is 5.91 Å². The Morgan fingerprint density at radius 1 is 0.507 bits per heavy atom. The summed E-state index contributed by atoms with van der Waals surface area (Å²) >= 11 is 0. The molecule has 1 rings (SSSR count). The highest BCUT2D eigenvalue weighted by Gasteiger charge is 2.44. The lowest BCUT2D eigenvalue weighted by molar-refractivity contribution is -0.302. The van der Waals surface area contributed by atoms with Crippen LogP contribution in [-0.2, 0) is 14.3 Å². The Balaban J connectivity index is 2.02. The number of hydrogen-bond donors (Lipinski definition) is 6. The minimum atomic E-state index is -1.55. The topological polar surface area (TPSA) is 149 Å². The Hall–Kier alpha value is -1.33. The molecule has 1 amide bonds. The van der Waals surface area contributed by atoms with E-state index in [1.807, 2.05) is 0 Å². The third-order valence-electron chi connectivity index (χ3n) is 14.1. The summed E-state index contributed by atoms with van der Waals surface area (Å²) in [6.45, 7) is 3.82. The predicted octanol–water partition coefficient (Wildman–Crippen LogP) is 14.2. The number of amides is 1. The number of allylic oxidation sites excluding steroid dienone is 4. The molecule has 0 saturated carbocycles. The van der Waals surface area contributed by atoms with Gasteiger partial charge < -0.3 is 40.3 Å². The number of aliphatic hydroxyl groups is 5. The average Bonchev–Trinajstić information content (AvgIpc) is 3.33. The van der Waals surface area contributed by atoms with Gasteiger partial charge in [-0.15, -0.1) is 0 Å². The van der Waals surface area contributed by atoms with E-state index < -0.39 is 49.5 Å². The highest BCUT2D eigenvalue weighted by molar-refractivity contribution is 5.76. The highest BCUT2D eigenvalue weighted by atomic mass is 16.7. The fourth-order valence-electron chi connectivity index (χ4n) is 9.43. The molecule has 0 aromatic heterocycles. The molecule has 0 bridgehead atoms. The summed E-state index contributed by atoms with van der Waals surface area (Å²) in [5, 5.41) is 54.4. The molecule has 0 aromatic carbocycles. The SMILES string of the molecule is CCCCCCC/C=C\C/C=C\CCCCCCCCCCCCCCCCCCCCCCCCCC(=O)NC(COC1OC(CO)C(O)C(O)C1O)C(O)CCCCCCCCCCC. The summed E-state index contributed by atoms with van der Waals surface area (Å²) in [5.74, 6) is -0.142. The number of aliphatic hydroxyl groups excluding tert-OH is 5. The van der Waals surface area contributed by atoms with Gasteiger partial charge in [0.15, 0.2) is 6.29 Å². The molecule has 7 atom stereocenters. The van der Waals surface area contributed by atoms with Crippen molar-refractivity contribution in [2.24, 2.45) is 0 Å². The molecule has 0 aliphatic carbocycles. The fourth-order valence-corrected chi connectivity index (χ4v) is 9.43. The molecule has 396 valence electrons. The number of carbonyl (C=O) groups is 1. The van der Waals surface area contributed by atoms with Crippen LogP contribution in [0.1, 0.15) is 284 Å². The maximum absolute atomic E-state index is 13.0. The molecule has 67 heavy (non-hydrogen) atoms. The summed E-state index contributed by atoms with van der Waals surface area (Å²) in [6.07, 6.45) is 53.9. The van der Waals surface area contributed by atoms with Crippen LogP contribution in [0, 0.1) is 0 Å². The quantitative estimate of drug-likeness (QED) is 0.0261. The largest absolute Gasteiger partial charge is 0.394 e. The van der Waals surface area contributed by atoms with Crippen LogP contribution in [-0.4, -0.2) is 87.5 Å². The number of ether oxygens (including phenoxy) is 2. The number of nitrogens with one attached hydrogen (secondary N) is 1. The van der Waals surface area contributed by atoms with Crippen molar-refractivity contribution in [2.45, 2.75) is 326 Å². The lowest BCUT2D eigenvalue weighted by atomic mass is 9.99. The van der Waals surface area contributed by atoms with Crippen molar-refractivity contribution in [3.8, 4) is 0 Å². The van der Waals surface area contributed by atoms with E-state index in [1.165, 1.54) is 212 Å². The first-order chi connectivity index (χ1) is 32.8. The Labute approximate surface area is 413 Å². The molecule has 1 fully saturated rings. The minimum Gasteiger partial charge on any atom is -0.394 e. The first-order valence-electron chi connectivity index (χ1n) is 29.0. The van der Waals surface area contributed by atoms with E-state index in [-0.39, 0.29) is 12.5 Å². The maximum Gasteiger partial charge on any atom is 0.220 e. The van der Waals surface area contributed by atoms with E-state index in [9.17, 15) is 30.3 Å². The van der Waals surface area contributed by atoms with Crippen molar-refractivity contribution < 1.29 is 39.8 Å². The minimum absolute atomic E-state index is 0.134. The number of carbonyl (C=O) groups excluding carboxylic acids is 1. The smallest absolute Gasteiger partial charge is 0.220 e. The molecule has 7 unspecified atom stereocenters. The van der Waals surface area contributed by atoms with E-state index in [2.05, 4.69) is 43.5 Å². The van der Waals surface area contributed by atoms with Crippen LogP contribution < -0.4 is 5.32 Å². The molecule has 9 heteroatoms. The van der Waals surface area contributed by atoms with Crippen LogP contribution in [0.2, 0.25) is 0 Å². The summed E-state index contributed by atoms with van der Waals surface area (Å²) in [4.78, 5) is 13.0. The van der Waals surface area contributed by atoms with Gasteiger partial charge in [-0.25, -0.2) is 0 Å². The van der Waals surface area contributed by atoms with Crippen LogP contribution in [0.5, 0.6) is 0 Å². The molecule has 1 heterocycles. The Morgan fingerprint density at radius 3 is 1.28 bits per heavy atom. The second-order valence-electron chi connectivity index (χ2n) is 20.4. The van der Waals surface area contributed by atoms with Crippen molar-refractivity contribution in [1.82, 2.24) is 5.32 Å². The first kappa shape index (κ1) is 63.7. The predicted molar refractivity (Wildman–Crippen MR) is 281 cm³/mol. The van der Waals surface area contributed by atoms with E-state index in [0.717, 1.165) is 44.9 Å². The lowest BCUT2D eigenvalue weighted by Gasteiger charge is -2.40. The standard InChI is InChI=1S/C58H111NO8/c1-3-5-7-9-11-13-14-15-16-17-18-19-20-21-22-23-24-25-26-27-28-29-30-31-32-33-34-35-36-37-38-40-42-44-46-48-54(62)59-51(52(61)47-45-43-41-39-12-10-8-6-4-2)50-66-58-57(65)56(64)55(63)53(49-60)67-58/h14-15,17-18,51-53,55-58,60-61,63-65H,3-13,16,19-50H2,1-2H3,(H,59,62)/b15-14-,18-17-. The van der Waals surface area contributed by atoms with Gasteiger partial charge in [0.1, 0.15) is 24.4 Å². The zero-order valence-corrected chi connectivity index (χ0v) is 43.9. The number of unbranched alkanes of at least 4 members (excludes halogenated alkanes) is 36. The second kappa shape index (κ2) is 48.3. The van der Waals surface area contributed by atoms with Crippen LogP contribution in [0.3, 0.4) is 0 Å². The monoisotopic (exact) mass is 950 g/mol. The molecular weight excluding hydrogens is 839 g/mol. The van der Waals surface area contributed by atoms with Crippen LogP contribution in [0.4, 0.5) is 0 Å². The van der Waals surface area contributed by atoms with E-state index in [4.69, 9.17) is 9.47 Å². The number of hydrogen-bond acceptors (Lipinski definition) is 8. The van der Waals surface area contributed by atoms with Crippen molar-refractivity contribution in [3.05, 3.63) is 24.3 Å². The highest BCUT2D eigenvalue weighted by Crippen LogP contribution is 2.23. The van der Waals surface area contributed by atoms with Crippen molar-refractivity contribution >= 4 is 5.91 Å². The third kappa shape index (κ3) is 38.1. The molecule has 0 aromatic rings. The van der Waals surface area contributed by atoms with Gasteiger partial charge in [-0.2, -0.15) is 0 Å². The normalized spacial score (nSPS) is 19.8. The summed E-state index contributed by atoms with van der Waals surface area (Å²) in [7, 11) is 0. The molecule has 1 aliphatic heterocycles. The lowest BCUT2D eigenvalue weighted by Crippen LogP contribution is -2.60. The Morgan fingerprint density at radius 2 is 0.881 bits per heavy atom. The van der Waals surface area contributed by atoms with Crippen LogP contribution >= 0.6 is 0 Å². The van der Waals surface area contributed by atoms with Gasteiger partial charge in [0.25, 0.3) is 0 Å². The zero-order valence-electron chi connectivity index (χ0n) is 43.9. The summed E-state index contributed by atoms with van der Waals surface area (Å²) < 4.78 is 11.3. The van der Waals surface area contributed by atoms with Gasteiger partial charge in [0, 0.05) is 6.42 Å². The average molecular weight is 951 g/mol. The van der Waals surface area contributed by atoms with Gasteiger partial charge in [0.05, 0.1) is 25.4 Å². The molecule has 9 nitrogen and oxygen atoms in total. The summed E-state index contributed by atoms with van der Waals surface area (Å²) in [5.41, 5.74) is 0. The Bertz CT molecular complexity index is 1100. The van der Waals surface area contributed by atoms with Gasteiger partial charge in [-0.1, -0.05) is 256 Å². The van der Waals surface area contributed by atoms with E-state index >= 15 is 0 Å². The molecule has 0 radical (unpaired) electrons. The molecular formula is C58H111NO8. The van der Waals surface area contributed by atoms with Crippen molar-refractivity contribution in [3.63, 3.8) is 0 Å². The number of rotatable bonds is 50. The van der Waals surface area contributed by atoms with E-state index in [1.54, 1.807) is 0 Å². The molecule has 6 N–H and O–H groups in total. The van der Waals surface area contributed by atoms with Crippen molar-refractivity contribution in [1.29, 1.82) is 0 Å². The maximum atomic E-state index is 13.0. The summed E-state index contributed by atoms with van der Waals surface area (Å²) in [6, 6.07) is -0.713. The second-order valence-corrected chi connectivity index (χ2v) is 20.4. The molecule has 1 saturated heterocycles. The molecule has 1 aliphatic rings. The first-order valence-corrected chi connectivity index (χ1v) is 29.0. The van der Waals surface area contributed by atoms with Gasteiger partial charge in [-0.05, 0) is 44.9 Å². The zero-order chi connectivity index (χ0) is 48.7. The van der Waals surface area contributed by atoms with Gasteiger partial charge >= 0.3 is 0 Å². The van der Waals surface area contributed by atoms with Crippen molar-refractivity contribution in [2.75, 3.05) is 13.2 Å². The third-order valence-corrected chi connectivity index (χ3v) is 14.1. The van der Waals surface area contributed by atoms with Crippen LogP contribution in [0.25, 0.3) is 0 Å². The van der Waals surface area contributed by atoms with Gasteiger partial charge in [-0.3, -0.25) is 4.79 Å². The molecule has 0 spiro atoms. The Kier molecular flexibility index (Phi) is 45.9. The van der Waals surface area contributed by atoms with E-state index in [0.29, 0.717) is 12.8 Å².